The summed E-state index contributed by atoms with van der Waals surface area (Å²) in [5.41, 5.74) is 0.964. The molecule has 0 bridgehead atoms. The van der Waals surface area contributed by atoms with Crippen LogP contribution in [0.5, 0.6) is 0 Å². The van der Waals surface area contributed by atoms with E-state index in [1.807, 2.05) is 41.9 Å². The number of hydrogen-bond donors (Lipinski definition) is 1. The number of nitrogens with zero attached hydrogens (tertiary/aromatic N) is 4. The Morgan fingerprint density at radius 2 is 1.92 bits per heavy atom. The van der Waals surface area contributed by atoms with Crippen LogP contribution in [0.15, 0.2) is 30.3 Å². The van der Waals surface area contributed by atoms with Crippen molar-refractivity contribution in [1.29, 1.82) is 0 Å². The van der Waals surface area contributed by atoms with Crippen molar-refractivity contribution in [2.75, 3.05) is 11.9 Å². The van der Waals surface area contributed by atoms with E-state index in [1.165, 1.54) is 0 Å². The van der Waals surface area contributed by atoms with E-state index in [2.05, 4.69) is 15.5 Å². The fraction of sp³-hybridized carbons (Fsp3) is 0.474. The predicted octanol–water partition coefficient (Wildman–Crippen LogP) is 1.86. The molecule has 1 aliphatic heterocycles. The number of anilines is 1. The number of hydrogen-bond acceptors (Lipinski definition) is 4. The summed E-state index contributed by atoms with van der Waals surface area (Å²) in [6.07, 6.45) is 4.10. The zero-order valence-corrected chi connectivity index (χ0v) is 14.9. The maximum atomic E-state index is 12.7. The lowest BCUT2D eigenvalue weighted by molar-refractivity contribution is -0.136. The minimum Gasteiger partial charge on any atom is -0.330 e. The molecule has 1 aliphatic carbocycles. The van der Waals surface area contributed by atoms with Gasteiger partial charge in [0.05, 0.1) is 6.42 Å². The first-order chi connectivity index (χ1) is 12.6. The second kappa shape index (κ2) is 6.90. The van der Waals surface area contributed by atoms with E-state index in [0.29, 0.717) is 31.3 Å². The standard InChI is InChI=1S/C19H23N5O2/c1-23-17(14-9-10-14)21-22-19(23)20-18(26)15-8-5-11-24(15)16(25)12-13-6-3-2-4-7-13/h2-4,6-7,14-15H,5,8-12H2,1H3,(H,20,22,26). The normalized spacial score (nSPS) is 19.6. The second-order valence-corrected chi connectivity index (χ2v) is 7.11. The van der Waals surface area contributed by atoms with Gasteiger partial charge in [-0.05, 0) is 31.2 Å². The Morgan fingerprint density at radius 1 is 1.15 bits per heavy atom. The van der Waals surface area contributed by atoms with Gasteiger partial charge in [-0.1, -0.05) is 30.3 Å². The highest BCUT2D eigenvalue weighted by atomic mass is 16.2. The molecule has 2 amide bonds. The largest absolute Gasteiger partial charge is 0.330 e. The van der Waals surface area contributed by atoms with Crippen molar-refractivity contribution in [1.82, 2.24) is 19.7 Å². The third kappa shape index (κ3) is 3.34. The Bertz CT molecular complexity index is 813. The maximum absolute atomic E-state index is 12.7. The molecule has 4 rings (SSSR count). The smallest absolute Gasteiger partial charge is 0.249 e. The Balaban J connectivity index is 1.42. The van der Waals surface area contributed by atoms with Gasteiger partial charge in [-0.25, -0.2) is 0 Å². The van der Waals surface area contributed by atoms with E-state index in [1.54, 1.807) is 4.90 Å². The molecule has 1 N–H and O–H groups in total. The summed E-state index contributed by atoms with van der Waals surface area (Å²) < 4.78 is 1.85. The van der Waals surface area contributed by atoms with Crippen LogP contribution in [0.3, 0.4) is 0 Å². The van der Waals surface area contributed by atoms with Gasteiger partial charge < -0.3 is 9.47 Å². The molecule has 26 heavy (non-hydrogen) atoms. The number of amides is 2. The molecule has 0 spiro atoms. The van der Waals surface area contributed by atoms with Crippen LogP contribution in [-0.4, -0.2) is 44.1 Å². The van der Waals surface area contributed by atoms with Crippen molar-refractivity contribution in [2.24, 2.45) is 7.05 Å². The molecule has 7 heteroatoms. The van der Waals surface area contributed by atoms with Gasteiger partial charge in [0.2, 0.25) is 17.8 Å². The van der Waals surface area contributed by atoms with Crippen molar-refractivity contribution in [3.8, 4) is 0 Å². The molecule has 7 nitrogen and oxygen atoms in total. The minimum absolute atomic E-state index is 0.00881. The topological polar surface area (TPSA) is 80.1 Å². The molecule has 2 fully saturated rings. The Labute approximate surface area is 152 Å². The van der Waals surface area contributed by atoms with E-state index in [9.17, 15) is 9.59 Å². The maximum Gasteiger partial charge on any atom is 0.249 e. The molecule has 1 unspecified atom stereocenters. The van der Waals surface area contributed by atoms with E-state index < -0.39 is 6.04 Å². The first-order valence-corrected chi connectivity index (χ1v) is 9.17. The van der Waals surface area contributed by atoms with Gasteiger partial charge in [0.25, 0.3) is 0 Å². The summed E-state index contributed by atoms with van der Waals surface area (Å²) in [7, 11) is 1.87. The number of likely N-dealkylation sites (tertiary alicyclic amines) is 1. The van der Waals surface area contributed by atoms with Crippen LogP contribution in [0.4, 0.5) is 5.95 Å². The molecule has 1 saturated carbocycles. The van der Waals surface area contributed by atoms with Crippen LogP contribution < -0.4 is 5.32 Å². The predicted molar refractivity (Wildman–Crippen MR) is 96.5 cm³/mol. The number of carbonyl (C=O) groups is 2. The van der Waals surface area contributed by atoms with Gasteiger partial charge in [0, 0.05) is 19.5 Å². The highest BCUT2D eigenvalue weighted by Gasteiger charge is 2.35. The summed E-state index contributed by atoms with van der Waals surface area (Å²) in [6, 6.07) is 9.19. The van der Waals surface area contributed by atoms with Crippen LogP contribution in [0.25, 0.3) is 0 Å². The Kier molecular flexibility index (Phi) is 4.44. The molecule has 1 saturated heterocycles. The van der Waals surface area contributed by atoms with Gasteiger partial charge in [-0.15, -0.1) is 10.2 Å². The van der Waals surface area contributed by atoms with Crippen molar-refractivity contribution in [3.63, 3.8) is 0 Å². The monoisotopic (exact) mass is 353 g/mol. The lowest BCUT2D eigenvalue weighted by Crippen LogP contribution is -2.44. The van der Waals surface area contributed by atoms with Crippen LogP contribution in [0.1, 0.15) is 43.0 Å². The van der Waals surface area contributed by atoms with E-state index in [4.69, 9.17) is 0 Å². The lowest BCUT2D eigenvalue weighted by Gasteiger charge is -2.23. The summed E-state index contributed by atoms with van der Waals surface area (Å²) in [5.74, 6) is 1.66. The molecule has 0 radical (unpaired) electrons. The Morgan fingerprint density at radius 3 is 2.65 bits per heavy atom. The summed E-state index contributed by atoms with van der Waals surface area (Å²) in [4.78, 5) is 27.1. The fourth-order valence-electron chi connectivity index (χ4n) is 3.55. The van der Waals surface area contributed by atoms with E-state index in [-0.39, 0.29) is 11.8 Å². The summed E-state index contributed by atoms with van der Waals surface area (Å²) in [5, 5.41) is 11.1. The van der Waals surface area contributed by atoms with Gasteiger partial charge in [-0.3, -0.25) is 14.9 Å². The summed E-state index contributed by atoms with van der Waals surface area (Å²) in [6.45, 7) is 0.621. The zero-order chi connectivity index (χ0) is 18.1. The quantitative estimate of drug-likeness (QED) is 0.890. The average molecular weight is 353 g/mol. The molecule has 1 aromatic heterocycles. The van der Waals surface area contributed by atoms with Crippen LogP contribution in [-0.2, 0) is 23.1 Å². The number of nitrogens with one attached hydrogen (secondary N) is 1. The first-order valence-electron chi connectivity index (χ1n) is 9.17. The highest BCUT2D eigenvalue weighted by molar-refractivity contribution is 5.96. The van der Waals surface area contributed by atoms with Crippen LogP contribution in [0, 0.1) is 0 Å². The Hall–Kier alpha value is -2.70. The van der Waals surface area contributed by atoms with Gasteiger partial charge in [0.1, 0.15) is 11.9 Å². The van der Waals surface area contributed by atoms with Gasteiger partial charge in [-0.2, -0.15) is 0 Å². The van der Waals surface area contributed by atoms with Gasteiger partial charge >= 0.3 is 0 Å². The van der Waals surface area contributed by atoms with Crippen molar-refractivity contribution < 1.29 is 9.59 Å². The van der Waals surface area contributed by atoms with Crippen LogP contribution in [0.2, 0.25) is 0 Å². The number of rotatable bonds is 5. The number of aromatic nitrogens is 3. The molecule has 2 heterocycles. The second-order valence-electron chi connectivity index (χ2n) is 7.11. The van der Waals surface area contributed by atoms with E-state index in [0.717, 1.165) is 30.7 Å². The molecule has 136 valence electrons. The molecule has 2 aliphatic rings. The van der Waals surface area contributed by atoms with E-state index >= 15 is 0 Å². The highest BCUT2D eigenvalue weighted by Crippen LogP contribution is 2.39. The molecular formula is C19H23N5O2. The zero-order valence-electron chi connectivity index (χ0n) is 14.9. The minimum atomic E-state index is -0.438. The molecule has 1 atom stereocenters. The average Bonchev–Trinajstić information content (AvgIpc) is 3.24. The number of carbonyl (C=O) groups excluding carboxylic acids is 2. The molecular weight excluding hydrogens is 330 g/mol. The van der Waals surface area contributed by atoms with Crippen molar-refractivity contribution >= 4 is 17.8 Å². The third-order valence-corrected chi connectivity index (χ3v) is 5.16. The SMILES string of the molecule is Cn1c(NC(=O)C2CCCN2C(=O)Cc2ccccc2)nnc1C1CC1. The fourth-order valence-corrected chi connectivity index (χ4v) is 3.55. The van der Waals surface area contributed by atoms with Gasteiger partial charge in [0.15, 0.2) is 0 Å². The van der Waals surface area contributed by atoms with Crippen LogP contribution >= 0.6 is 0 Å². The number of benzene rings is 1. The van der Waals surface area contributed by atoms with Crippen molar-refractivity contribution in [3.05, 3.63) is 41.7 Å². The molecule has 1 aromatic carbocycles. The lowest BCUT2D eigenvalue weighted by atomic mass is 10.1. The first kappa shape index (κ1) is 16.8. The summed E-state index contributed by atoms with van der Waals surface area (Å²) >= 11 is 0. The third-order valence-electron chi connectivity index (χ3n) is 5.16. The molecule has 2 aromatic rings. The van der Waals surface area contributed by atoms with Crippen molar-refractivity contribution in [2.45, 2.75) is 44.1 Å².